The molecule has 25 heavy (non-hydrogen) atoms. The lowest BCUT2D eigenvalue weighted by atomic mass is 9.98. The molecule has 1 unspecified atom stereocenters. The molecule has 1 rings (SSSR count). The van der Waals surface area contributed by atoms with Crippen LogP contribution in [-0.4, -0.2) is 6.61 Å². The van der Waals surface area contributed by atoms with Gasteiger partial charge in [0, 0.05) is 0 Å². The van der Waals surface area contributed by atoms with Crippen LogP contribution in [0.5, 0.6) is 5.75 Å². The highest BCUT2D eigenvalue weighted by Crippen LogP contribution is 2.22. The molecule has 0 aliphatic carbocycles. The summed E-state index contributed by atoms with van der Waals surface area (Å²) in [7, 11) is 0. The second-order valence-corrected chi connectivity index (χ2v) is 8.19. The molecular weight excluding hydrogens is 304 g/mol. The van der Waals surface area contributed by atoms with Crippen LogP contribution in [0.2, 0.25) is 0 Å². The van der Waals surface area contributed by atoms with Gasteiger partial charge in [-0.05, 0) is 42.7 Å². The SMILES string of the molecule is CCCCCCCCc1ccccc1OCCC(C)CCCC(C)C. The third-order valence-corrected chi connectivity index (χ3v) is 5.12. The summed E-state index contributed by atoms with van der Waals surface area (Å²) in [4.78, 5) is 0. The Kier molecular flexibility index (Phi) is 12.5. The molecule has 1 aromatic rings. The Labute approximate surface area is 157 Å². The van der Waals surface area contributed by atoms with E-state index in [4.69, 9.17) is 4.74 Å². The van der Waals surface area contributed by atoms with E-state index in [2.05, 4.69) is 52.0 Å². The van der Waals surface area contributed by atoms with Crippen LogP contribution >= 0.6 is 0 Å². The monoisotopic (exact) mass is 346 g/mol. The molecule has 1 aromatic carbocycles. The molecule has 0 fully saturated rings. The summed E-state index contributed by atoms with van der Waals surface area (Å²) in [5.41, 5.74) is 1.39. The van der Waals surface area contributed by atoms with Crippen molar-refractivity contribution in [3.63, 3.8) is 0 Å². The smallest absolute Gasteiger partial charge is 0.122 e. The molecule has 1 heteroatoms. The van der Waals surface area contributed by atoms with E-state index < -0.39 is 0 Å². The number of hydrogen-bond acceptors (Lipinski definition) is 1. The van der Waals surface area contributed by atoms with Crippen LogP contribution in [-0.2, 0) is 6.42 Å². The van der Waals surface area contributed by atoms with E-state index in [1.807, 2.05) is 0 Å². The molecule has 0 spiro atoms. The van der Waals surface area contributed by atoms with Gasteiger partial charge < -0.3 is 4.74 Å². The van der Waals surface area contributed by atoms with Gasteiger partial charge in [0.2, 0.25) is 0 Å². The maximum Gasteiger partial charge on any atom is 0.122 e. The minimum atomic E-state index is 0.768. The normalized spacial score (nSPS) is 12.5. The zero-order valence-corrected chi connectivity index (χ0v) is 17.4. The van der Waals surface area contributed by atoms with Crippen molar-refractivity contribution in [2.24, 2.45) is 11.8 Å². The first kappa shape index (κ1) is 22.1. The first-order chi connectivity index (χ1) is 12.1. The van der Waals surface area contributed by atoms with Crippen LogP contribution in [0.4, 0.5) is 0 Å². The Morgan fingerprint density at radius 3 is 2.28 bits per heavy atom. The lowest BCUT2D eigenvalue weighted by Gasteiger charge is -2.15. The maximum atomic E-state index is 6.13. The Morgan fingerprint density at radius 2 is 1.52 bits per heavy atom. The fourth-order valence-corrected chi connectivity index (χ4v) is 3.34. The molecular formula is C24H42O. The van der Waals surface area contributed by atoms with E-state index in [0.717, 1.165) is 30.6 Å². The third kappa shape index (κ3) is 11.3. The molecule has 1 atom stereocenters. The average Bonchev–Trinajstić information content (AvgIpc) is 2.59. The zero-order valence-electron chi connectivity index (χ0n) is 17.4. The highest BCUT2D eigenvalue weighted by molar-refractivity contribution is 5.33. The van der Waals surface area contributed by atoms with Gasteiger partial charge in [0.15, 0.2) is 0 Å². The quantitative estimate of drug-likeness (QED) is 0.294. The lowest BCUT2D eigenvalue weighted by Crippen LogP contribution is -2.06. The fraction of sp³-hybridized carbons (Fsp3) is 0.750. The predicted molar refractivity (Wildman–Crippen MR) is 111 cm³/mol. The molecule has 0 radical (unpaired) electrons. The highest BCUT2D eigenvalue weighted by Gasteiger charge is 2.06. The second kappa shape index (κ2) is 14.2. The van der Waals surface area contributed by atoms with Crippen LogP contribution in [0.1, 0.15) is 97.5 Å². The first-order valence-corrected chi connectivity index (χ1v) is 10.8. The average molecular weight is 347 g/mol. The van der Waals surface area contributed by atoms with Crippen molar-refractivity contribution in [2.45, 2.75) is 98.3 Å². The van der Waals surface area contributed by atoms with Crippen molar-refractivity contribution in [1.82, 2.24) is 0 Å². The van der Waals surface area contributed by atoms with Crippen LogP contribution in [0.3, 0.4) is 0 Å². The fourth-order valence-electron chi connectivity index (χ4n) is 3.34. The number of ether oxygens (including phenoxy) is 1. The van der Waals surface area contributed by atoms with E-state index in [1.54, 1.807) is 0 Å². The Balaban J connectivity index is 2.24. The van der Waals surface area contributed by atoms with Gasteiger partial charge in [-0.2, -0.15) is 0 Å². The minimum Gasteiger partial charge on any atom is -0.493 e. The van der Waals surface area contributed by atoms with Gasteiger partial charge in [-0.3, -0.25) is 0 Å². The molecule has 0 amide bonds. The summed E-state index contributed by atoms with van der Waals surface area (Å²) in [5, 5.41) is 0. The van der Waals surface area contributed by atoms with E-state index >= 15 is 0 Å². The molecule has 1 nitrogen and oxygen atoms in total. The van der Waals surface area contributed by atoms with Crippen LogP contribution in [0, 0.1) is 11.8 Å². The molecule has 0 aliphatic heterocycles. The van der Waals surface area contributed by atoms with Gasteiger partial charge in [0.25, 0.3) is 0 Å². The van der Waals surface area contributed by atoms with E-state index in [0.29, 0.717) is 0 Å². The zero-order chi connectivity index (χ0) is 18.3. The van der Waals surface area contributed by atoms with Crippen molar-refractivity contribution >= 4 is 0 Å². The number of para-hydroxylation sites is 1. The highest BCUT2D eigenvalue weighted by atomic mass is 16.5. The Hall–Kier alpha value is -0.980. The third-order valence-electron chi connectivity index (χ3n) is 5.12. The molecule has 0 aliphatic rings. The topological polar surface area (TPSA) is 9.23 Å². The first-order valence-electron chi connectivity index (χ1n) is 10.8. The van der Waals surface area contributed by atoms with Crippen molar-refractivity contribution in [2.75, 3.05) is 6.61 Å². The van der Waals surface area contributed by atoms with Crippen LogP contribution < -0.4 is 4.74 Å². The number of benzene rings is 1. The Bertz CT molecular complexity index is 424. The van der Waals surface area contributed by atoms with E-state index in [-0.39, 0.29) is 0 Å². The van der Waals surface area contributed by atoms with Crippen LogP contribution in [0.15, 0.2) is 24.3 Å². The molecule has 0 saturated carbocycles. The molecule has 0 saturated heterocycles. The summed E-state index contributed by atoms with van der Waals surface area (Å²) in [6, 6.07) is 8.64. The Morgan fingerprint density at radius 1 is 0.800 bits per heavy atom. The van der Waals surface area contributed by atoms with Gasteiger partial charge in [0.1, 0.15) is 5.75 Å². The van der Waals surface area contributed by atoms with Crippen molar-refractivity contribution < 1.29 is 4.74 Å². The van der Waals surface area contributed by atoms with Crippen molar-refractivity contribution in [3.8, 4) is 5.75 Å². The summed E-state index contributed by atoms with van der Waals surface area (Å²) >= 11 is 0. The lowest BCUT2D eigenvalue weighted by molar-refractivity contribution is 0.273. The molecule has 0 N–H and O–H groups in total. The van der Waals surface area contributed by atoms with Crippen molar-refractivity contribution in [3.05, 3.63) is 29.8 Å². The largest absolute Gasteiger partial charge is 0.493 e. The van der Waals surface area contributed by atoms with Crippen molar-refractivity contribution in [1.29, 1.82) is 0 Å². The standard InChI is InChI=1S/C24H42O/c1-5-6-7-8-9-10-16-23-17-11-12-18-24(23)25-20-19-22(4)15-13-14-21(2)3/h11-12,17-18,21-22H,5-10,13-16,19-20H2,1-4H3. The minimum absolute atomic E-state index is 0.768. The predicted octanol–water partition coefficient (Wildman–Crippen LogP) is 7.82. The summed E-state index contributed by atoms with van der Waals surface area (Å²) in [6.07, 6.45) is 14.5. The number of rotatable bonds is 15. The van der Waals surface area contributed by atoms with Gasteiger partial charge >= 0.3 is 0 Å². The summed E-state index contributed by atoms with van der Waals surface area (Å²) < 4.78 is 6.13. The molecule has 0 bridgehead atoms. The second-order valence-electron chi connectivity index (χ2n) is 8.19. The van der Waals surface area contributed by atoms with Gasteiger partial charge in [0.05, 0.1) is 6.61 Å². The van der Waals surface area contributed by atoms with E-state index in [1.165, 1.54) is 69.8 Å². The van der Waals surface area contributed by atoms with Crippen LogP contribution in [0.25, 0.3) is 0 Å². The molecule has 144 valence electrons. The number of unbranched alkanes of at least 4 members (excludes halogenated alkanes) is 5. The van der Waals surface area contributed by atoms with Gasteiger partial charge in [-0.25, -0.2) is 0 Å². The maximum absolute atomic E-state index is 6.13. The number of hydrogen-bond donors (Lipinski definition) is 0. The molecule has 0 heterocycles. The number of aryl methyl sites for hydroxylation is 1. The summed E-state index contributed by atoms with van der Waals surface area (Å²) in [5.74, 6) is 2.72. The van der Waals surface area contributed by atoms with Gasteiger partial charge in [-0.1, -0.05) is 97.3 Å². The molecule has 0 aromatic heterocycles. The van der Waals surface area contributed by atoms with Gasteiger partial charge in [-0.15, -0.1) is 0 Å². The van der Waals surface area contributed by atoms with E-state index in [9.17, 15) is 0 Å². The summed E-state index contributed by atoms with van der Waals surface area (Å²) in [6.45, 7) is 10.1.